The summed E-state index contributed by atoms with van der Waals surface area (Å²) in [7, 11) is 0. The van der Waals surface area contributed by atoms with Gasteiger partial charge in [-0.2, -0.15) is 0 Å². The minimum Gasteiger partial charge on any atom is -0.755 e. The predicted molar refractivity (Wildman–Crippen MR) is 99.5 cm³/mol. The van der Waals surface area contributed by atoms with E-state index in [1.807, 2.05) is 0 Å². The zero-order chi connectivity index (χ0) is 20.8. The lowest BCUT2D eigenvalue weighted by molar-refractivity contribution is -0.110. The van der Waals surface area contributed by atoms with Crippen LogP contribution < -0.4 is 21.1 Å². The van der Waals surface area contributed by atoms with Crippen LogP contribution in [0.3, 0.4) is 0 Å². The van der Waals surface area contributed by atoms with E-state index in [2.05, 4.69) is 20.5 Å². The van der Waals surface area contributed by atoms with E-state index in [9.17, 15) is 22.7 Å². The Morgan fingerprint density at radius 2 is 2.14 bits per heavy atom. The number of amides is 1. The molecule has 1 aromatic heterocycles. The third kappa shape index (κ3) is 5.06. The quantitative estimate of drug-likeness (QED) is 0.206. The van der Waals surface area contributed by atoms with Crippen molar-refractivity contribution in [1.29, 1.82) is 0 Å². The number of nitrogens with zero attached hydrogens (tertiary/aromatic N) is 4. The molecule has 0 fully saturated rings. The molecule has 6 N–H and O–H groups in total. The molecule has 12 nitrogen and oxygen atoms in total. The molecule has 1 atom stereocenters. The van der Waals surface area contributed by atoms with Crippen molar-refractivity contribution in [3.8, 4) is 0 Å². The Balaban J connectivity index is 2.30. The standard InChI is InChI=1S/C13H12FN7O5S2/c14-7-3-6(1-2-8(7)19-9(22)4-18-20-13(15)16)21(28(25)26)11-10(12(23)24)17-5-27-11/h1-5H,(H,19,22)(H,23,24)(H,25,26)(H4,15,16,20)/p-1/b18-4+. The fourth-order valence-electron chi connectivity index (χ4n) is 1.85. The summed E-state index contributed by atoms with van der Waals surface area (Å²) >= 11 is -2.23. The first kappa shape index (κ1) is 20.9. The number of rotatable bonds is 7. The van der Waals surface area contributed by atoms with E-state index >= 15 is 0 Å². The molecule has 148 valence electrons. The van der Waals surface area contributed by atoms with Gasteiger partial charge < -0.3 is 26.4 Å². The number of aromatic nitrogens is 1. The van der Waals surface area contributed by atoms with E-state index in [1.165, 1.54) is 0 Å². The van der Waals surface area contributed by atoms with Crippen molar-refractivity contribution >= 4 is 63.0 Å². The third-order valence-electron chi connectivity index (χ3n) is 2.88. The van der Waals surface area contributed by atoms with Gasteiger partial charge in [0.2, 0.25) is 5.96 Å². The van der Waals surface area contributed by atoms with Gasteiger partial charge in [-0.25, -0.2) is 14.2 Å². The summed E-state index contributed by atoms with van der Waals surface area (Å²) in [6.07, 6.45) is 0.697. The molecule has 1 amide bonds. The average molecular weight is 428 g/mol. The molecular weight excluding hydrogens is 417 g/mol. The van der Waals surface area contributed by atoms with Crippen molar-refractivity contribution in [3.63, 3.8) is 0 Å². The minimum atomic E-state index is -2.97. The van der Waals surface area contributed by atoms with E-state index in [4.69, 9.17) is 16.6 Å². The summed E-state index contributed by atoms with van der Waals surface area (Å²) < 4.78 is 38.0. The molecule has 2 rings (SSSR count). The van der Waals surface area contributed by atoms with E-state index in [0.29, 0.717) is 10.5 Å². The maximum atomic E-state index is 14.3. The molecule has 1 unspecified atom stereocenters. The summed E-state index contributed by atoms with van der Waals surface area (Å²) in [5, 5.41) is 17.5. The second-order valence-corrected chi connectivity index (χ2v) is 6.38. The Labute approximate surface area is 162 Å². The van der Waals surface area contributed by atoms with Crippen LogP contribution in [0.5, 0.6) is 0 Å². The number of nitrogens with two attached hydrogens (primary N) is 2. The summed E-state index contributed by atoms with van der Waals surface area (Å²) in [6.45, 7) is 0. The van der Waals surface area contributed by atoms with Crippen molar-refractivity contribution in [2.75, 3.05) is 9.62 Å². The Bertz CT molecular complexity index is 989. The molecule has 0 bridgehead atoms. The van der Waals surface area contributed by atoms with Gasteiger partial charge in [-0.05, 0) is 12.1 Å². The number of nitrogens with one attached hydrogen (secondary N) is 1. The monoisotopic (exact) mass is 428 g/mol. The van der Waals surface area contributed by atoms with Crippen LogP contribution in [-0.2, 0) is 16.1 Å². The van der Waals surface area contributed by atoms with Crippen molar-refractivity contribution in [2.24, 2.45) is 21.7 Å². The first-order valence-electron chi connectivity index (χ1n) is 6.99. The van der Waals surface area contributed by atoms with Crippen LogP contribution in [0, 0.1) is 5.82 Å². The lowest BCUT2D eigenvalue weighted by Crippen LogP contribution is -2.22. The zero-order valence-electron chi connectivity index (χ0n) is 13.6. The van der Waals surface area contributed by atoms with Gasteiger partial charge in [-0.15, -0.1) is 21.5 Å². The van der Waals surface area contributed by atoms with E-state index < -0.39 is 34.7 Å². The lowest BCUT2D eigenvalue weighted by Gasteiger charge is -2.25. The SMILES string of the molecule is NC(N)=N/N=C/C(=O)Nc1ccc(N(c2scnc2C(=O)O)S(=O)[O-])cc1F. The van der Waals surface area contributed by atoms with Crippen LogP contribution in [0.15, 0.2) is 33.9 Å². The highest BCUT2D eigenvalue weighted by molar-refractivity contribution is 7.81. The van der Waals surface area contributed by atoms with Crippen LogP contribution in [0.1, 0.15) is 10.5 Å². The molecule has 0 aliphatic carbocycles. The molecule has 0 spiro atoms. The highest BCUT2D eigenvalue weighted by Gasteiger charge is 2.22. The van der Waals surface area contributed by atoms with E-state index in [0.717, 1.165) is 35.0 Å². The number of hydrogen-bond acceptors (Lipinski definition) is 8. The van der Waals surface area contributed by atoms with Gasteiger partial charge in [0, 0.05) is 6.07 Å². The maximum Gasteiger partial charge on any atom is 0.357 e. The normalized spacial score (nSPS) is 11.8. The van der Waals surface area contributed by atoms with Gasteiger partial charge in [0.05, 0.1) is 28.2 Å². The fourth-order valence-corrected chi connectivity index (χ4v) is 3.38. The Hall–Kier alpha value is -3.43. The largest absolute Gasteiger partial charge is 0.755 e. The summed E-state index contributed by atoms with van der Waals surface area (Å²) in [6, 6.07) is 3.04. The number of carbonyl (C=O) groups is 2. The molecule has 15 heteroatoms. The highest BCUT2D eigenvalue weighted by Crippen LogP contribution is 2.34. The second kappa shape index (κ2) is 8.98. The topological polar surface area (TPSA) is 199 Å². The summed E-state index contributed by atoms with van der Waals surface area (Å²) in [5.74, 6) is -3.67. The fraction of sp³-hybridized carbons (Fsp3) is 0. The highest BCUT2D eigenvalue weighted by atomic mass is 32.2. The number of thiazole rings is 1. The van der Waals surface area contributed by atoms with Gasteiger partial charge in [0.15, 0.2) is 5.69 Å². The lowest BCUT2D eigenvalue weighted by atomic mass is 10.2. The predicted octanol–water partition coefficient (Wildman–Crippen LogP) is 0.110. The van der Waals surface area contributed by atoms with Gasteiger partial charge in [0.1, 0.15) is 17.0 Å². The number of aromatic carboxylic acids is 1. The number of carboxylic acids is 1. The Morgan fingerprint density at radius 3 is 2.71 bits per heavy atom. The smallest absolute Gasteiger partial charge is 0.357 e. The third-order valence-corrected chi connectivity index (χ3v) is 4.50. The molecule has 1 aromatic carbocycles. The van der Waals surface area contributed by atoms with Crippen LogP contribution in [-0.4, -0.2) is 42.9 Å². The molecule has 0 saturated carbocycles. The molecule has 0 aliphatic rings. The van der Waals surface area contributed by atoms with Gasteiger partial charge in [0.25, 0.3) is 5.91 Å². The number of benzene rings is 1. The molecule has 2 aromatic rings. The molecular formula is C13H11FN7O5S2-. The molecule has 1 heterocycles. The zero-order valence-corrected chi connectivity index (χ0v) is 15.2. The van der Waals surface area contributed by atoms with E-state index in [1.54, 1.807) is 0 Å². The number of hydrogen-bond donors (Lipinski definition) is 4. The molecule has 0 saturated heterocycles. The van der Waals surface area contributed by atoms with Gasteiger partial charge >= 0.3 is 5.97 Å². The first-order valence-corrected chi connectivity index (χ1v) is 8.90. The number of guanidine groups is 1. The van der Waals surface area contributed by atoms with E-state index in [-0.39, 0.29) is 22.3 Å². The first-order chi connectivity index (χ1) is 13.2. The second-order valence-electron chi connectivity index (χ2n) is 4.75. The number of carbonyl (C=O) groups excluding carboxylic acids is 1. The van der Waals surface area contributed by atoms with Crippen LogP contribution in [0.25, 0.3) is 0 Å². The summed E-state index contributed by atoms with van der Waals surface area (Å²) in [5.41, 5.74) is 10.2. The molecule has 0 aliphatic heterocycles. The number of carboxylic acid groups (broad SMARTS) is 1. The molecule has 28 heavy (non-hydrogen) atoms. The number of halogens is 1. The maximum absolute atomic E-state index is 14.3. The van der Waals surface area contributed by atoms with Crippen molar-refractivity contribution < 1.29 is 27.8 Å². The van der Waals surface area contributed by atoms with Crippen molar-refractivity contribution in [2.45, 2.75) is 0 Å². The number of anilines is 3. The molecule has 0 radical (unpaired) electrons. The van der Waals surface area contributed by atoms with Crippen molar-refractivity contribution in [1.82, 2.24) is 4.98 Å². The van der Waals surface area contributed by atoms with Gasteiger partial charge in [-0.1, -0.05) is 0 Å². The van der Waals surface area contributed by atoms with Crippen LogP contribution in [0.2, 0.25) is 0 Å². The Morgan fingerprint density at radius 1 is 1.43 bits per heavy atom. The van der Waals surface area contributed by atoms with Crippen LogP contribution in [0.4, 0.5) is 20.8 Å². The average Bonchev–Trinajstić information content (AvgIpc) is 3.06. The van der Waals surface area contributed by atoms with Gasteiger partial charge in [-0.3, -0.25) is 13.3 Å². The van der Waals surface area contributed by atoms with Crippen molar-refractivity contribution in [3.05, 3.63) is 35.2 Å². The summed E-state index contributed by atoms with van der Waals surface area (Å²) in [4.78, 5) is 26.4. The van der Waals surface area contributed by atoms with Crippen LogP contribution >= 0.6 is 11.3 Å². The Kier molecular flexibility index (Phi) is 6.69. The minimum absolute atomic E-state index is 0.204.